The second-order valence-corrected chi connectivity index (χ2v) is 5.50. The lowest BCUT2D eigenvalue weighted by Gasteiger charge is -2.20. The van der Waals surface area contributed by atoms with E-state index in [0.717, 1.165) is 13.0 Å². The first-order chi connectivity index (χ1) is 6.63. The Bertz CT molecular complexity index is 273. The summed E-state index contributed by atoms with van der Waals surface area (Å²) in [7, 11) is 6.23. The van der Waals surface area contributed by atoms with Crippen molar-refractivity contribution in [1.29, 1.82) is 0 Å². The monoisotopic (exact) mass is 276 g/mol. The number of hydrogen-bond donors (Lipinski definition) is 1. The van der Waals surface area contributed by atoms with Crippen molar-refractivity contribution >= 4 is 27.3 Å². The highest BCUT2D eigenvalue weighted by molar-refractivity contribution is 9.10. The van der Waals surface area contributed by atoms with E-state index in [1.165, 1.54) is 9.35 Å². The maximum atomic E-state index is 3.56. The fraction of sp³-hybridized carbons (Fsp3) is 0.600. The van der Waals surface area contributed by atoms with Crippen LogP contribution in [0.15, 0.2) is 15.9 Å². The minimum atomic E-state index is 0.528. The Hall–Kier alpha value is 0.1000. The molecule has 0 fully saturated rings. The van der Waals surface area contributed by atoms with Gasteiger partial charge in [0.05, 0.1) is 0 Å². The molecule has 0 aliphatic heterocycles. The highest BCUT2D eigenvalue weighted by Gasteiger charge is 2.11. The molecule has 0 saturated carbocycles. The van der Waals surface area contributed by atoms with Crippen LogP contribution in [0.3, 0.4) is 0 Å². The van der Waals surface area contributed by atoms with Crippen molar-refractivity contribution in [3.05, 3.63) is 20.8 Å². The van der Waals surface area contributed by atoms with E-state index in [4.69, 9.17) is 0 Å². The zero-order valence-corrected chi connectivity index (χ0v) is 11.3. The van der Waals surface area contributed by atoms with Gasteiger partial charge in [0.15, 0.2) is 0 Å². The van der Waals surface area contributed by atoms with Gasteiger partial charge in [0.25, 0.3) is 0 Å². The minimum absolute atomic E-state index is 0.528. The molecule has 4 heteroatoms. The van der Waals surface area contributed by atoms with Gasteiger partial charge in [-0.3, -0.25) is 0 Å². The number of rotatable bonds is 5. The maximum Gasteiger partial charge on any atom is 0.0314 e. The predicted octanol–water partition coefficient (Wildman–Crippen LogP) is 2.20. The van der Waals surface area contributed by atoms with Gasteiger partial charge in [-0.2, -0.15) is 0 Å². The first kappa shape index (κ1) is 12.2. The van der Waals surface area contributed by atoms with Crippen LogP contribution in [0.1, 0.15) is 4.88 Å². The van der Waals surface area contributed by atoms with Crippen molar-refractivity contribution in [2.24, 2.45) is 0 Å². The molecule has 0 radical (unpaired) electrons. The minimum Gasteiger partial charge on any atom is -0.315 e. The summed E-state index contributed by atoms with van der Waals surface area (Å²) in [5.74, 6) is 0. The second kappa shape index (κ2) is 5.85. The first-order valence-electron chi connectivity index (χ1n) is 4.67. The van der Waals surface area contributed by atoms with Gasteiger partial charge in [0.2, 0.25) is 0 Å². The quantitative estimate of drug-likeness (QED) is 0.887. The Morgan fingerprint density at radius 3 is 2.71 bits per heavy atom. The lowest BCUT2D eigenvalue weighted by molar-refractivity contribution is 0.347. The molecular formula is C10H17BrN2S. The molecule has 0 bridgehead atoms. The number of likely N-dealkylation sites (N-methyl/N-ethyl adjacent to an activating group) is 2. The third-order valence-electron chi connectivity index (χ3n) is 2.12. The molecule has 1 atom stereocenters. The topological polar surface area (TPSA) is 15.3 Å². The van der Waals surface area contributed by atoms with Gasteiger partial charge in [-0.15, -0.1) is 11.3 Å². The molecule has 0 saturated heterocycles. The summed E-state index contributed by atoms with van der Waals surface area (Å²) >= 11 is 5.37. The van der Waals surface area contributed by atoms with E-state index in [0.29, 0.717) is 6.04 Å². The van der Waals surface area contributed by atoms with Crippen LogP contribution >= 0.6 is 27.3 Å². The molecule has 0 aliphatic carbocycles. The van der Waals surface area contributed by atoms with E-state index in [2.05, 4.69) is 51.7 Å². The van der Waals surface area contributed by atoms with E-state index in [-0.39, 0.29) is 0 Å². The van der Waals surface area contributed by atoms with Crippen LogP contribution < -0.4 is 5.32 Å². The Balaban J connectivity index is 2.52. The van der Waals surface area contributed by atoms with Crippen molar-refractivity contribution in [1.82, 2.24) is 10.2 Å². The average molecular weight is 277 g/mol. The highest BCUT2D eigenvalue weighted by atomic mass is 79.9. The molecule has 1 aromatic rings. The average Bonchev–Trinajstić information content (AvgIpc) is 2.50. The summed E-state index contributed by atoms with van der Waals surface area (Å²) in [4.78, 5) is 3.63. The molecule has 0 aromatic carbocycles. The van der Waals surface area contributed by atoms with Gasteiger partial charge in [-0.1, -0.05) is 0 Å². The highest BCUT2D eigenvalue weighted by Crippen LogP contribution is 2.23. The van der Waals surface area contributed by atoms with E-state index in [1.807, 2.05) is 18.4 Å². The second-order valence-electron chi connectivity index (χ2n) is 3.64. The molecule has 0 amide bonds. The molecule has 1 aromatic heterocycles. The summed E-state index contributed by atoms with van der Waals surface area (Å²) in [5.41, 5.74) is 0. The predicted molar refractivity (Wildman–Crippen MR) is 67.1 cm³/mol. The molecule has 14 heavy (non-hydrogen) atoms. The number of nitrogens with zero attached hydrogens (tertiary/aromatic N) is 1. The SMILES string of the molecule is CNC(Cc1sccc1Br)CN(C)C. The molecule has 1 rings (SSSR count). The van der Waals surface area contributed by atoms with Crippen LogP contribution in [0.4, 0.5) is 0 Å². The number of thiophene rings is 1. The summed E-state index contributed by atoms with van der Waals surface area (Å²) in [5, 5.41) is 5.47. The van der Waals surface area contributed by atoms with E-state index in [9.17, 15) is 0 Å². The third-order valence-corrected chi connectivity index (χ3v) is 4.07. The van der Waals surface area contributed by atoms with Gasteiger partial charge < -0.3 is 10.2 Å². The van der Waals surface area contributed by atoms with Gasteiger partial charge >= 0.3 is 0 Å². The van der Waals surface area contributed by atoms with Gasteiger partial charge in [0.1, 0.15) is 0 Å². The van der Waals surface area contributed by atoms with Crippen molar-refractivity contribution in [3.8, 4) is 0 Å². The molecule has 0 aliphatic rings. The molecule has 80 valence electrons. The van der Waals surface area contributed by atoms with Crippen LogP contribution in [0.25, 0.3) is 0 Å². The largest absolute Gasteiger partial charge is 0.315 e. The molecule has 1 heterocycles. The van der Waals surface area contributed by atoms with Crippen LogP contribution in [0.5, 0.6) is 0 Å². The molecular weight excluding hydrogens is 260 g/mol. The van der Waals surface area contributed by atoms with Crippen molar-refractivity contribution < 1.29 is 0 Å². The molecule has 2 nitrogen and oxygen atoms in total. The molecule has 1 N–H and O–H groups in total. The Morgan fingerprint density at radius 2 is 2.29 bits per heavy atom. The summed E-state index contributed by atoms with van der Waals surface area (Å²) in [6, 6.07) is 2.64. The zero-order chi connectivity index (χ0) is 10.6. The zero-order valence-electron chi connectivity index (χ0n) is 8.88. The Morgan fingerprint density at radius 1 is 1.57 bits per heavy atom. The van der Waals surface area contributed by atoms with Crippen LogP contribution in [0.2, 0.25) is 0 Å². The van der Waals surface area contributed by atoms with E-state index in [1.54, 1.807) is 0 Å². The van der Waals surface area contributed by atoms with E-state index < -0.39 is 0 Å². The van der Waals surface area contributed by atoms with Gasteiger partial charge in [0, 0.05) is 21.9 Å². The fourth-order valence-electron chi connectivity index (χ4n) is 1.39. The fourth-order valence-corrected chi connectivity index (χ4v) is 2.99. The Labute approximate surface area is 98.4 Å². The first-order valence-corrected chi connectivity index (χ1v) is 6.34. The number of nitrogens with one attached hydrogen (secondary N) is 1. The summed E-state index contributed by atoms with van der Waals surface area (Å²) in [6.07, 6.45) is 1.09. The number of hydrogen-bond acceptors (Lipinski definition) is 3. The lowest BCUT2D eigenvalue weighted by atomic mass is 10.2. The standard InChI is InChI=1S/C10H17BrN2S/c1-12-8(7-13(2)3)6-10-9(11)4-5-14-10/h4-5,8,12H,6-7H2,1-3H3. The van der Waals surface area contributed by atoms with Crippen LogP contribution in [-0.4, -0.2) is 38.6 Å². The van der Waals surface area contributed by atoms with Crippen molar-refractivity contribution in [2.75, 3.05) is 27.7 Å². The van der Waals surface area contributed by atoms with Crippen molar-refractivity contribution in [3.63, 3.8) is 0 Å². The van der Waals surface area contributed by atoms with Crippen LogP contribution in [0, 0.1) is 0 Å². The molecule has 1 unspecified atom stereocenters. The third kappa shape index (κ3) is 3.69. The maximum absolute atomic E-state index is 3.56. The van der Waals surface area contributed by atoms with Crippen molar-refractivity contribution in [2.45, 2.75) is 12.5 Å². The molecule has 0 spiro atoms. The summed E-state index contributed by atoms with van der Waals surface area (Å²) < 4.78 is 1.24. The smallest absolute Gasteiger partial charge is 0.0314 e. The lowest BCUT2D eigenvalue weighted by Crippen LogP contribution is -2.37. The Kier molecular flexibility index (Phi) is 5.09. The number of halogens is 1. The van der Waals surface area contributed by atoms with Crippen LogP contribution in [-0.2, 0) is 6.42 Å². The van der Waals surface area contributed by atoms with Gasteiger partial charge in [-0.05, 0) is 54.9 Å². The normalized spacial score (nSPS) is 13.5. The summed E-state index contributed by atoms with van der Waals surface area (Å²) in [6.45, 7) is 1.07. The van der Waals surface area contributed by atoms with E-state index >= 15 is 0 Å². The van der Waals surface area contributed by atoms with Gasteiger partial charge in [-0.25, -0.2) is 0 Å².